The molecule has 31 heavy (non-hydrogen) atoms. The molecule has 2 heterocycles. The van der Waals surface area contributed by atoms with Crippen LogP contribution < -0.4 is 15.0 Å². The third kappa shape index (κ3) is 6.45. The Kier molecular flexibility index (Phi) is 6.54. The lowest BCUT2D eigenvalue weighted by Crippen LogP contribution is -2.32. The third-order valence-electron chi connectivity index (χ3n) is 4.37. The first-order valence-electron chi connectivity index (χ1n) is 9.44. The number of aromatic nitrogens is 2. The van der Waals surface area contributed by atoms with Crippen LogP contribution in [-0.4, -0.2) is 55.6 Å². The molecule has 166 valence electrons. The number of hydrogen-bond acceptors (Lipinski definition) is 7. The Bertz CT molecular complexity index is 1080. The van der Waals surface area contributed by atoms with Gasteiger partial charge >= 0.3 is 0 Å². The molecule has 0 spiro atoms. The van der Waals surface area contributed by atoms with E-state index in [0.29, 0.717) is 5.75 Å². The van der Waals surface area contributed by atoms with Crippen molar-refractivity contribution >= 4 is 21.7 Å². The molecule has 0 saturated carbocycles. The van der Waals surface area contributed by atoms with Gasteiger partial charge in [-0.05, 0) is 19.1 Å². The molecule has 3 rings (SSSR count). The number of anilines is 1. The Morgan fingerprint density at radius 3 is 2.65 bits per heavy atom. The van der Waals surface area contributed by atoms with Gasteiger partial charge in [0.25, 0.3) is 11.8 Å². The van der Waals surface area contributed by atoms with Crippen LogP contribution in [0, 0.1) is 0 Å². The lowest BCUT2D eigenvalue weighted by Gasteiger charge is -2.18. The summed E-state index contributed by atoms with van der Waals surface area (Å²) in [5, 5.41) is 3.61. The summed E-state index contributed by atoms with van der Waals surface area (Å²) in [6.07, 6.45) is 3.27. The molecule has 1 atom stereocenters. The van der Waals surface area contributed by atoms with Gasteiger partial charge in [0.05, 0.1) is 6.54 Å². The van der Waals surface area contributed by atoms with E-state index in [0.717, 1.165) is 11.7 Å². The Hall–Kier alpha value is -3.08. The molecule has 1 aromatic carbocycles. The topological polar surface area (TPSA) is 101 Å². The molecule has 1 fully saturated rings. The van der Waals surface area contributed by atoms with Gasteiger partial charge in [-0.3, -0.25) is 4.79 Å². The van der Waals surface area contributed by atoms with Gasteiger partial charge in [-0.15, -0.1) is 0 Å². The fourth-order valence-electron chi connectivity index (χ4n) is 2.84. The molecule has 1 aliphatic heterocycles. The van der Waals surface area contributed by atoms with Gasteiger partial charge < -0.3 is 15.0 Å². The minimum Gasteiger partial charge on any atom is -0.438 e. The van der Waals surface area contributed by atoms with Crippen molar-refractivity contribution in [1.82, 2.24) is 15.3 Å². The predicted octanol–water partition coefficient (Wildman–Crippen LogP) is 2.79. The number of ether oxygens (including phenoxy) is 1. The second-order valence-electron chi connectivity index (χ2n) is 7.25. The summed E-state index contributed by atoms with van der Waals surface area (Å²) >= 11 is 0. The van der Waals surface area contributed by atoms with Crippen LogP contribution >= 0.6 is 0 Å². The summed E-state index contributed by atoms with van der Waals surface area (Å²) in [4.78, 5) is 22.4. The van der Waals surface area contributed by atoms with Gasteiger partial charge in [-0.2, -0.15) is 4.98 Å². The normalized spacial score (nSPS) is 17.0. The third-order valence-corrected chi connectivity index (χ3v) is 5.02. The standard InChI is InChI=1S/C20H22F2N4O4S/c1-14(8-11-31(2,28)29)24-17(27)16-12-23-19(26-10-9-20(21,22)13-26)25-18(16)30-15-6-4-3-5-7-15/h3-8,11-12,14H,9-10,13H2,1-2H3,(H,24,27)/b11-8+/t14-/m0/s1. The summed E-state index contributed by atoms with van der Waals surface area (Å²) in [6.45, 7) is 1.16. The summed E-state index contributed by atoms with van der Waals surface area (Å²) < 4.78 is 55.4. The Balaban J connectivity index is 1.87. The maximum Gasteiger partial charge on any atom is 0.267 e. The minimum atomic E-state index is -3.34. The molecule has 0 aliphatic carbocycles. The molecule has 1 amide bonds. The van der Waals surface area contributed by atoms with E-state index in [2.05, 4.69) is 15.3 Å². The monoisotopic (exact) mass is 452 g/mol. The summed E-state index contributed by atoms with van der Waals surface area (Å²) in [7, 11) is -3.34. The zero-order valence-electron chi connectivity index (χ0n) is 17.0. The van der Waals surface area contributed by atoms with Gasteiger partial charge in [0.1, 0.15) is 11.3 Å². The molecule has 1 aromatic heterocycles. The molecule has 1 N–H and O–H groups in total. The van der Waals surface area contributed by atoms with Gasteiger partial charge in [-0.25, -0.2) is 22.2 Å². The number of amides is 1. The van der Waals surface area contributed by atoms with Crippen LogP contribution in [0.2, 0.25) is 0 Å². The quantitative estimate of drug-likeness (QED) is 0.689. The van der Waals surface area contributed by atoms with Crippen molar-refractivity contribution in [3.63, 3.8) is 0 Å². The van der Waals surface area contributed by atoms with Gasteiger partial charge in [0.15, 0.2) is 9.84 Å². The number of para-hydroxylation sites is 1. The van der Waals surface area contributed by atoms with Crippen LogP contribution in [0.4, 0.5) is 14.7 Å². The number of alkyl halides is 2. The van der Waals surface area contributed by atoms with E-state index in [9.17, 15) is 22.0 Å². The van der Waals surface area contributed by atoms with Crippen molar-refractivity contribution in [1.29, 1.82) is 0 Å². The fourth-order valence-corrected chi connectivity index (χ4v) is 3.36. The molecule has 0 unspecified atom stereocenters. The number of benzene rings is 1. The van der Waals surface area contributed by atoms with Crippen molar-refractivity contribution in [2.24, 2.45) is 0 Å². The van der Waals surface area contributed by atoms with E-state index in [1.54, 1.807) is 37.3 Å². The van der Waals surface area contributed by atoms with Crippen molar-refractivity contribution in [3.05, 3.63) is 53.6 Å². The van der Waals surface area contributed by atoms with Crippen LogP contribution in [0.5, 0.6) is 11.6 Å². The average molecular weight is 452 g/mol. The van der Waals surface area contributed by atoms with Crippen molar-refractivity contribution in [3.8, 4) is 11.6 Å². The highest BCUT2D eigenvalue weighted by Crippen LogP contribution is 2.31. The van der Waals surface area contributed by atoms with E-state index in [4.69, 9.17) is 4.74 Å². The Morgan fingerprint density at radius 1 is 1.32 bits per heavy atom. The van der Waals surface area contributed by atoms with Crippen LogP contribution in [0.15, 0.2) is 48.0 Å². The molecule has 1 aliphatic rings. The van der Waals surface area contributed by atoms with Crippen molar-refractivity contribution in [2.45, 2.75) is 25.3 Å². The number of carbonyl (C=O) groups is 1. The average Bonchev–Trinajstić information content (AvgIpc) is 3.06. The second-order valence-corrected chi connectivity index (χ2v) is 9.18. The van der Waals surface area contributed by atoms with E-state index in [1.165, 1.54) is 17.2 Å². The highest BCUT2D eigenvalue weighted by molar-refractivity contribution is 7.93. The Morgan fingerprint density at radius 2 is 2.03 bits per heavy atom. The lowest BCUT2D eigenvalue weighted by molar-refractivity contribution is 0.0256. The second kappa shape index (κ2) is 8.96. The molecule has 11 heteroatoms. The maximum atomic E-state index is 13.6. The molecule has 0 radical (unpaired) electrons. The SMILES string of the molecule is C[C@@H](/C=C/S(C)(=O)=O)NC(=O)c1cnc(N2CCC(F)(F)C2)nc1Oc1ccccc1. The molecule has 0 bridgehead atoms. The summed E-state index contributed by atoms with van der Waals surface area (Å²) in [6, 6.07) is 7.96. The predicted molar refractivity (Wildman–Crippen MR) is 111 cm³/mol. The van der Waals surface area contributed by atoms with E-state index in [1.807, 2.05) is 0 Å². The zero-order chi connectivity index (χ0) is 22.6. The number of nitrogens with one attached hydrogen (secondary N) is 1. The number of nitrogens with zero attached hydrogens (tertiary/aromatic N) is 3. The summed E-state index contributed by atoms with van der Waals surface area (Å²) in [5.74, 6) is -3.10. The molecular formula is C20H22F2N4O4S. The Labute approximate surface area is 178 Å². The van der Waals surface area contributed by atoms with Crippen LogP contribution in [0.25, 0.3) is 0 Å². The molecule has 8 nitrogen and oxygen atoms in total. The first-order chi connectivity index (χ1) is 14.5. The minimum absolute atomic E-state index is 0.0156. The van der Waals surface area contributed by atoms with E-state index < -0.39 is 34.3 Å². The van der Waals surface area contributed by atoms with Crippen LogP contribution in [0.3, 0.4) is 0 Å². The highest BCUT2D eigenvalue weighted by Gasteiger charge is 2.39. The van der Waals surface area contributed by atoms with Gasteiger partial charge in [0, 0.05) is 36.9 Å². The number of carbonyl (C=O) groups excluding carboxylic acids is 1. The van der Waals surface area contributed by atoms with Crippen LogP contribution in [-0.2, 0) is 9.84 Å². The number of halogens is 2. The fraction of sp³-hybridized carbons (Fsp3) is 0.350. The lowest BCUT2D eigenvalue weighted by atomic mass is 10.2. The van der Waals surface area contributed by atoms with Gasteiger partial charge in [-0.1, -0.05) is 24.3 Å². The number of sulfone groups is 1. The van der Waals surface area contributed by atoms with E-state index in [-0.39, 0.29) is 30.4 Å². The molecule has 1 saturated heterocycles. The number of rotatable bonds is 7. The first-order valence-corrected chi connectivity index (χ1v) is 11.4. The summed E-state index contributed by atoms with van der Waals surface area (Å²) in [5.41, 5.74) is -0.0156. The first kappa shape index (κ1) is 22.6. The molecular weight excluding hydrogens is 430 g/mol. The molecule has 2 aromatic rings. The highest BCUT2D eigenvalue weighted by atomic mass is 32.2. The van der Waals surface area contributed by atoms with Crippen LogP contribution in [0.1, 0.15) is 23.7 Å². The van der Waals surface area contributed by atoms with Crippen molar-refractivity contribution < 1.29 is 26.7 Å². The zero-order valence-corrected chi connectivity index (χ0v) is 17.8. The smallest absolute Gasteiger partial charge is 0.267 e. The van der Waals surface area contributed by atoms with Crippen molar-refractivity contribution in [2.75, 3.05) is 24.2 Å². The maximum absolute atomic E-state index is 13.6. The number of hydrogen-bond donors (Lipinski definition) is 1. The van der Waals surface area contributed by atoms with Gasteiger partial charge in [0.2, 0.25) is 11.8 Å². The van der Waals surface area contributed by atoms with E-state index >= 15 is 0 Å². The largest absolute Gasteiger partial charge is 0.438 e.